The van der Waals surface area contributed by atoms with Gasteiger partial charge >= 0.3 is 12.0 Å². The van der Waals surface area contributed by atoms with Gasteiger partial charge in [-0.3, -0.25) is 0 Å². The molecule has 0 fully saturated rings. The number of likely N-dealkylation sites (N-methyl/N-ethyl adjacent to an activating group) is 1. The van der Waals surface area contributed by atoms with Crippen molar-refractivity contribution in [2.75, 3.05) is 19.1 Å². The fraction of sp³-hybridized carbons (Fsp3) is 0.571. The van der Waals surface area contributed by atoms with Crippen LogP contribution in [0.1, 0.15) is 18.2 Å². The molecule has 0 bridgehead atoms. The van der Waals surface area contributed by atoms with Crippen molar-refractivity contribution >= 4 is 35.1 Å². The molecule has 0 radical (unpaired) electrons. The molecule has 0 aliphatic rings. The van der Waals surface area contributed by atoms with Crippen molar-refractivity contribution in [2.45, 2.75) is 31.8 Å². The van der Waals surface area contributed by atoms with Crippen LogP contribution < -0.4 is 5.32 Å². The van der Waals surface area contributed by atoms with Crippen molar-refractivity contribution in [1.82, 2.24) is 10.2 Å². The molecule has 0 aliphatic carbocycles. The molecule has 21 heavy (non-hydrogen) atoms. The average Bonchev–Trinajstić information content (AvgIpc) is 2.94. The van der Waals surface area contributed by atoms with Crippen LogP contribution in [0.15, 0.2) is 17.5 Å². The van der Waals surface area contributed by atoms with E-state index < -0.39 is 12.0 Å². The first-order chi connectivity index (χ1) is 9.95. The number of thioether (sulfide) groups is 1. The summed E-state index contributed by atoms with van der Waals surface area (Å²) >= 11 is 3.22. The number of carbonyl (C=O) groups is 2. The molecular formula is C14H22N2O3S2. The number of carbonyl (C=O) groups excluding carboxylic acids is 1. The smallest absolute Gasteiger partial charge is 0.326 e. The third kappa shape index (κ3) is 5.97. The zero-order chi connectivity index (χ0) is 15.8. The van der Waals surface area contributed by atoms with E-state index in [2.05, 4.69) is 5.32 Å². The summed E-state index contributed by atoms with van der Waals surface area (Å²) in [5, 5.41) is 13.7. The molecule has 5 nitrogen and oxygen atoms in total. The van der Waals surface area contributed by atoms with Crippen LogP contribution in [0.3, 0.4) is 0 Å². The first-order valence-corrected chi connectivity index (χ1v) is 9.00. The number of nitrogens with one attached hydrogen (secondary N) is 1. The number of nitrogens with zero attached hydrogens (tertiary/aromatic N) is 1. The highest BCUT2D eigenvalue weighted by Crippen LogP contribution is 2.13. The molecule has 118 valence electrons. The van der Waals surface area contributed by atoms with Gasteiger partial charge in [-0.25, -0.2) is 9.59 Å². The third-order valence-corrected chi connectivity index (χ3v) is 4.81. The Balaban J connectivity index is 2.53. The highest BCUT2D eigenvalue weighted by atomic mass is 32.2. The van der Waals surface area contributed by atoms with Crippen molar-refractivity contribution in [2.24, 2.45) is 0 Å². The Labute approximate surface area is 133 Å². The van der Waals surface area contributed by atoms with E-state index in [1.807, 2.05) is 30.7 Å². The van der Waals surface area contributed by atoms with E-state index in [9.17, 15) is 9.59 Å². The summed E-state index contributed by atoms with van der Waals surface area (Å²) in [5.74, 6) is -0.289. The Morgan fingerprint density at radius 3 is 2.76 bits per heavy atom. The van der Waals surface area contributed by atoms with Crippen LogP contribution in [0.5, 0.6) is 0 Å². The second-order valence-electron chi connectivity index (χ2n) is 4.87. The minimum Gasteiger partial charge on any atom is -0.480 e. The lowest BCUT2D eigenvalue weighted by Crippen LogP contribution is -2.49. The summed E-state index contributed by atoms with van der Waals surface area (Å²) in [7, 11) is 1.70. The number of carboxylic acids is 1. The second kappa shape index (κ2) is 8.94. The summed E-state index contributed by atoms with van der Waals surface area (Å²) < 4.78 is 0. The lowest BCUT2D eigenvalue weighted by Gasteiger charge is -2.26. The van der Waals surface area contributed by atoms with Gasteiger partial charge in [-0.15, -0.1) is 11.3 Å². The van der Waals surface area contributed by atoms with Crippen LogP contribution in [0, 0.1) is 0 Å². The monoisotopic (exact) mass is 330 g/mol. The van der Waals surface area contributed by atoms with Gasteiger partial charge < -0.3 is 15.3 Å². The van der Waals surface area contributed by atoms with Gasteiger partial charge in [-0.05, 0) is 36.8 Å². The predicted molar refractivity (Wildman–Crippen MR) is 88.2 cm³/mol. The number of carboxylic acid groups (broad SMARTS) is 1. The maximum Gasteiger partial charge on any atom is 0.326 e. The molecule has 0 saturated carbocycles. The van der Waals surface area contributed by atoms with Crippen molar-refractivity contribution in [3.8, 4) is 0 Å². The maximum absolute atomic E-state index is 12.1. The standard InChI is InChI=1S/C14H22N2O3S2/c1-10(9-11-5-4-7-21-11)16(2)14(19)15-12(13(17)18)6-8-20-3/h4-5,7,10,12H,6,8-9H2,1-3H3,(H,15,19)(H,17,18)/t10?,12-/m1/s1. The molecule has 1 heterocycles. The molecule has 0 aliphatic heterocycles. The van der Waals surface area contributed by atoms with Crippen molar-refractivity contribution in [1.29, 1.82) is 0 Å². The number of hydrogen-bond donors (Lipinski definition) is 2. The van der Waals surface area contributed by atoms with E-state index in [4.69, 9.17) is 5.11 Å². The highest BCUT2D eigenvalue weighted by Gasteiger charge is 2.23. The minimum absolute atomic E-state index is 0.0126. The fourth-order valence-corrected chi connectivity index (χ4v) is 3.10. The predicted octanol–water partition coefficient (Wildman–Crippen LogP) is 2.53. The van der Waals surface area contributed by atoms with Crippen molar-refractivity contribution in [3.63, 3.8) is 0 Å². The van der Waals surface area contributed by atoms with Crippen LogP contribution in [-0.2, 0) is 11.2 Å². The molecule has 2 amide bonds. The number of hydrogen-bond acceptors (Lipinski definition) is 4. The van der Waals surface area contributed by atoms with Crippen molar-refractivity contribution < 1.29 is 14.7 Å². The zero-order valence-electron chi connectivity index (χ0n) is 12.5. The highest BCUT2D eigenvalue weighted by molar-refractivity contribution is 7.98. The van der Waals surface area contributed by atoms with Gasteiger partial charge in [-0.2, -0.15) is 11.8 Å². The van der Waals surface area contributed by atoms with Gasteiger partial charge in [0.1, 0.15) is 6.04 Å². The van der Waals surface area contributed by atoms with Gasteiger partial charge in [0.05, 0.1) is 0 Å². The van der Waals surface area contributed by atoms with Gasteiger partial charge in [0.2, 0.25) is 0 Å². The van der Waals surface area contributed by atoms with E-state index in [1.165, 1.54) is 4.88 Å². The Hall–Kier alpha value is -1.21. The number of rotatable bonds is 8. The van der Waals surface area contributed by atoms with Crippen LogP contribution in [0.25, 0.3) is 0 Å². The van der Waals surface area contributed by atoms with Crippen LogP contribution in [-0.4, -0.2) is 53.1 Å². The van der Waals surface area contributed by atoms with Gasteiger partial charge in [0.15, 0.2) is 0 Å². The SMILES string of the molecule is CSCC[C@@H](NC(=O)N(C)C(C)Cc1cccs1)C(=O)O. The molecule has 0 saturated heterocycles. The summed E-state index contributed by atoms with van der Waals surface area (Å²) in [6.45, 7) is 1.96. The Morgan fingerprint density at radius 1 is 1.52 bits per heavy atom. The Kier molecular flexibility index (Phi) is 7.60. The molecule has 0 spiro atoms. The topological polar surface area (TPSA) is 69.6 Å². The molecule has 1 rings (SSSR count). The lowest BCUT2D eigenvalue weighted by molar-refractivity contribution is -0.139. The van der Waals surface area contributed by atoms with E-state index in [0.717, 1.165) is 6.42 Å². The van der Waals surface area contributed by atoms with E-state index in [0.29, 0.717) is 12.2 Å². The quantitative estimate of drug-likeness (QED) is 0.768. The minimum atomic E-state index is -0.989. The lowest BCUT2D eigenvalue weighted by atomic mass is 10.2. The average molecular weight is 330 g/mol. The molecule has 7 heteroatoms. The van der Waals surface area contributed by atoms with Gasteiger partial charge in [0.25, 0.3) is 0 Å². The number of urea groups is 1. The Morgan fingerprint density at radius 2 is 2.24 bits per heavy atom. The normalized spacial score (nSPS) is 13.5. The molecule has 1 aromatic rings. The molecule has 0 aromatic carbocycles. The number of amides is 2. The number of thiophene rings is 1. The molecule has 2 atom stereocenters. The van der Waals surface area contributed by atoms with Gasteiger partial charge in [0, 0.05) is 24.4 Å². The zero-order valence-corrected chi connectivity index (χ0v) is 14.2. The van der Waals surface area contributed by atoms with Gasteiger partial charge in [-0.1, -0.05) is 6.07 Å². The van der Waals surface area contributed by atoms with E-state index >= 15 is 0 Å². The molecular weight excluding hydrogens is 308 g/mol. The molecule has 1 aromatic heterocycles. The van der Waals surface area contributed by atoms with Crippen molar-refractivity contribution in [3.05, 3.63) is 22.4 Å². The second-order valence-corrected chi connectivity index (χ2v) is 6.88. The molecule has 2 N–H and O–H groups in total. The third-order valence-electron chi connectivity index (χ3n) is 3.26. The largest absolute Gasteiger partial charge is 0.480 e. The van der Waals surface area contributed by atoms with Crippen LogP contribution >= 0.6 is 23.1 Å². The van der Waals surface area contributed by atoms with E-state index in [-0.39, 0.29) is 12.1 Å². The first kappa shape index (κ1) is 17.8. The van der Waals surface area contributed by atoms with Crippen LogP contribution in [0.2, 0.25) is 0 Å². The maximum atomic E-state index is 12.1. The van der Waals surface area contributed by atoms with E-state index in [1.54, 1.807) is 35.0 Å². The fourth-order valence-electron chi connectivity index (χ4n) is 1.80. The summed E-state index contributed by atoms with van der Waals surface area (Å²) in [4.78, 5) is 26.1. The number of aliphatic carboxylic acids is 1. The summed E-state index contributed by atoms with van der Waals surface area (Å²) in [5.41, 5.74) is 0. The summed E-state index contributed by atoms with van der Waals surface area (Å²) in [6.07, 6.45) is 3.11. The Bertz CT molecular complexity index is 451. The first-order valence-electron chi connectivity index (χ1n) is 6.73. The summed E-state index contributed by atoms with van der Waals surface area (Å²) in [6, 6.07) is 2.86. The molecule has 1 unspecified atom stereocenters. The van der Waals surface area contributed by atoms with Crippen LogP contribution in [0.4, 0.5) is 4.79 Å².